The molecule has 0 aliphatic heterocycles. The monoisotopic (exact) mass is 206 g/mol. The Morgan fingerprint density at radius 1 is 1.25 bits per heavy atom. The van der Waals surface area contributed by atoms with Gasteiger partial charge >= 0.3 is 0 Å². The molecule has 0 aliphatic rings. The summed E-state index contributed by atoms with van der Waals surface area (Å²) in [5.74, 6) is -1.22. The predicted molar refractivity (Wildman–Crippen MR) is 53.0 cm³/mol. The van der Waals surface area contributed by atoms with Crippen LogP contribution in [0, 0.1) is 0 Å². The van der Waals surface area contributed by atoms with Crippen LogP contribution in [0.25, 0.3) is 0 Å². The lowest BCUT2D eigenvalue weighted by Crippen LogP contribution is -1.89. The Morgan fingerprint density at radius 3 is 2.17 bits per heavy atom. The zero-order valence-corrected chi connectivity index (χ0v) is 8.27. The molecule has 0 aromatic heterocycles. The summed E-state index contributed by atoms with van der Waals surface area (Å²) >= 11 is 0. The van der Waals surface area contributed by atoms with Crippen molar-refractivity contribution in [2.75, 3.05) is 0 Å². The number of rotatable bonds is 2. The van der Waals surface area contributed by atoms with Crippen LogP contribution >= 0.6 is 21.5 Å². The van der Waals surface area contributed by atoms with Crippen LogP contribution in [-0.4, -0.2) is 10.00 Å². The predicted octanol–water partition coefficient (Wildman–Crippen LogP) is 1.26. The molecular formula is C7H11O3PS. The van der Waals surface area contributed by atoms with Gasteiger partial charge in [0.1, 0.15) is 0 Å². The van der Waals surface area contributed by atoms with E-state index < -0.39 is 13.9 Å². The largest absolute Gasteiger partial charge is 0.378 e. The molecule has 2 unspecified atom stereocenters. The second-order valence-electron chi connectivity index (χ2n) is 2.15. The van der Waals surface area contributed by atoms with Crippen LogP contribution < -0.4 is 0 Å². The van der Waals surface area contributed by atoms with E-state index in [0.29, 0.717) is 5.56 Å². The fourth-order valence-electron chi connectivity index (χ4n) is 0.778. The lowest BCUT2D eigenvalue weighted by atomic mass is 10.2. The van der Waals surface area contributed by atoms with Gasteiger partial charge in [0.15, 0.2) is 5.85 Å². The molecule has 2 N–H and O–H groups in total. The number of aliphatic hydroxyl groups excluding tert-OH is 1. The third-order valence-corrected chi connectivity index (χ3v) is 2.15. The minimum Gasteiger partial charge on any atom is -0.378 e. The fourth-order valence-corrected chi connectivity index (χ4v) is 1.26. The molecule has 0 amide bonds. The highest BCUT2D eigenvalue weighted by atomic mass is 32.1. The second-order valence-corrected chi connectivity index (χ2v) is 3.37. The summed E-state index contributed by atoms with van der Waals surface area (Å²) < 4.78 is 10.4. The average molecular weight is 206 g/mol. The molecule has 0 heterocycles. The molecule has 0 aliphatic carbocycles. The Bertz CT molecular complexity index is 252. The van der Waals surface area contributed by atoms with Gasteiger partial charge in [0.25, 0.3) is 0 Å². The van der Waals surface area contributed by atoms with Gasteiger partial charge in [-0.1, -0.05) is 30.3 Å². The first-order valence-corrected chi connectivity index (χ1v) is 4.61. The van der Waals surface area contributed by atoms with Crippen molar-refractivity contribution in [3.05, 3.63) is 35.9 Å². The van der Waals surface area contributed by atoms with Gasteiger partial charge in [-0.05, 0) is 5.56 Å². The summed E-state index contributed by atoms with van der Waals surface area (Å²) in [7, 11) is -2.86. The van der Waals surface area contributed by atoms with E-state index >= 15 is 0 Å². The maximum atomic E-state index is 10.4. The topological polar surface area (TPSA) is 57.5 Å². The van der Waals surface area contributed by atoms with Gasteiger partial charge in [0, 0.05) is 0 Å². The average Bonchev–Trinajstić information content (AvgIpc) is 2.05. The van der Waals surface area contributed by atoms with Gasteiger partial charge in [0.2, 0.25) is 8.03 Å². The van der Waals surface area contributed by atoms with Crippen LogP contribution in [0.1, 0.15) is 11.4 Å². The summed E-state index contributed by atoms with van der Waals surface area (Å²) in [5, 5.41) is 9.08. The van der Waals surface area contributed by atoms with Crippen LogP contribution in [0.4, 0.5) is 0 Å². The van der Waals surface area contributed by atoms with E-state index in [1.165, 1.54) is 0 Å². The highest BCUT2D eigenvalue weighted by Gasteiger charge is 2.10. The van der Waals surface area contributed by atoms with Crippen LogP contribution in [0.15, 0.2) is 30.3 Å². The number of benzene rings is 1. The molecule has 1 rings (SSSR count). The Kier molecular flexibility index (Phi) is 5.25. The first-order valence-electron chi connectivity index (χ1n) is 3.17. The van der Waals surface area contributed by atoms with Crippen molar-refractivity contribution in [3.8, 4) is 0 Å². The van der Waals surface area contributed by atoms with Gasteiger partial charge in [0.05, 0.1) is 0 Å². The Balaban J connectivity index is 0.00000121. The molecular weight excluding hydrogens is 195 g/mol. The third-order valence-electron chi connectivity index (χ3n) is 1.35. The zero-order chi connectivity index (χ0) is 8.27. The summed E-state index contributed by atoms with van der Waals surface area (Å²) in [6.07, 6.45) is 0. The smallest absolute Gasteiger partial charge is 0.221 e. The first kappa shape index (κ1) is 11.7. The maximum Gasteiger partial charge on any atom is 0.221 e. The SMILES string of the molecule is O=[PH](O)C(O)c1ccccc1.S. The van der Waals surface area contributed by atoms with Crippen molar-refractivity contribution in [2.45, 2.75) is 5.85 Å². The third kappa shape index (κ3) is 2.99. The van der Waals surface area contributed by atoms with E-state index in [9.17, 15) is 4.57 Å². The van der Waals surface area contributed by atoms with Crippen LogP contribution in [0.5, 0.6) is 0 Å². The fraction of sp³-hybridized carbons (Fsp3) is 0.143. The van der Waals surface area contributed by atoms with Crippen molar-refractivity contribution in [2.24, 2.45) is 0 Å². The molecule has 5 heteroatoms. The minimum absolute atomic E-state index is 0. The highest BCUT2D eigenvalue weighted by Crippen LogP contribution is 2.34. The Hall–Kier alpha value is -0.280. The van der Waals surface area contributed by atoms with E-state index in [-0.39, 0.29) is 13.5 Å². The standard InChI is InChI=1S/C7H9O3P.H2S/c8-7(11(9)10)6-4-2-1-3-5-6;/h1-5,7-8,11H,(H,9,10);1H2. The van der Waals surface area contributed by atoms with Gasteiger partial charge in [-0.2, -0.15) is 13.5 Å². The van der Waals surface area contributed by atoms with Crippen LogP contribution in [0.2, 0.25) is 0 Å². The molecule has 0 fully saturated rings. The lowest BCUT2D eigenvalue weighted by Gasteiger charge is -2.04. The Labute approximate surface area is 78.4 Å². The zero-order valence-electron chi connectivity index (χ0n) is 6.27. The molecule has 68 valence electrons. The van der Waals surface area contributed by atoms with Crippen molar-refractivity contribution in [1.82, 2.24) is 0 Å². The Morgan fingerprint density at radius 2 is 1.75 bits per heavy atom. The molecule has 1 aromatic carbocycles. The normalized spacial score (nSPS) is 14.5. The molecule has 12 heavy (non-hydrogen) atoms. The van der Waals surface area contributed by atoms with Crippen molar-refractivity contribution in [3.63, 3.8) is 0 Å². The quantitative estimate of drug-likeness (QED) is 0.716. The number of aliphatic hydroxyl groups is 1. The van der Waals surface area contributed by atoms with Gasteiger partial charge in [-0.3, -0.25) is 4.57 Å². The van der Waals surface area contributed by atoms with E-state index in [4.69, 9.17) is 10.00 Å². The molecule has 2 atom stereocenters. The van der Waals surface area contributed by atoms with E-state index in [2.05, 4.69) is 0 Å². The molecule has 0 spiro atoms. The number of hydrogen-bond acceptors (Lipinski definition) is 2. The van der Waals surface area contributed by atoms with Gasteiger partial charge in [-0.15, -0.1) is 0 Å². The highest BCUT2D eigenvalue weighted by molar-refractivity contribution is 7.59. The summed E-state index contributed by atoms with van der Waals surface area (Å²) in [6, 6.07) is 8.43. The van der Waals surface area contributed by atoms with Crippen molar-refractivity contribution < 1.29 is 14.6 Å². The van der Waals surface area contributed by atoms with E-state index in [1.807, 2.05) is 0 Å². The van der Waals surface area contributed by atoms with E-state index in [0.717, 1.165) is 0 Å². The number of hydrogen-bond donors (Lipinski definition) is 2. The van der Waals surface area contributed by atoms with Crippen LogP contribution in [-0.2, 0) is 4.57 Å². The van der Waals surface area contributed by atoms with Crippen LogP contribution in [0.3, 0.4) is 0 Å². The van der Waals surface area contributed by atoms with Crippen molar-refractivity contribution in [1.29, 1.82) is 0 Å². The second kappa shape index (κ2) is 5.38. The lowest BCUT2D eigenvalue weighted by molar-refractivity contribution is 0.243. The summed E-state index contributed by atoms with van der Waals surface area (Å²) in [6.45, 7) is 0. The van der Waals surface area contributed by atoms with Crippen molar-refractivity contribution >= 4 is 21.5 Å². The van der Waals surface area contributed by atoms with Gasteiger partial charge < -0.3 is 10.00 Å². The molecule has 0 bridgehead atoms. The van der Waals surface area contributed by atoms with Gasteiger partial charge in [-0.25, -0.2) is 0 Å². The first-order chi connectivity index (χ1) is 5.22. The van der Waals surface area contributed by atoms with E-state index in [1.54, 1.807) is 30.3 Å². The summed E-state index contributed by atoms with van der Waals surface area (Å²) in [4.78, 5) is 8.57. The molecule has 0 radical (unpaired) electrons. The molecule has 1 aromatic rings. The maximum absolute atomic E-state index is 10.4. The molecule has 0 saturated carbocycles. The molecule has 3 nitrogen and oxygen atoms in total. The molecule has 0 saturated heterocycles. The summed E-state index contributed by atoms with van der Waals surface area (Å²) in [5.41, 5.74) is 0.485. The minimum atomic E-state index is -2.86.